The van der Waals surface area contributed by atoms with Crippen LogP contribution in [0.2, 0.25) is 0 Å². The number of anilines is 1. The standard InChI is InChI=1S/C22H27FN6O/c1-4-22(2)8-7-17(23)18(12-22)28(3)20-13-25-21(27-26-20)16-6-5-15(11-19(16)30)29-10-9-24-14-29/h5-6,9-11,13-14,17-18,30H,4,7-8,12H2,1-3H3/t17-,18+,22+/m1/s1. The van der Waals surface area contributed by atoms with Crippen LogP contribution < -0.4 is 4.90 Å². The van der Waals surface area contributed by atoms with Gasteiger partial charge in [-0.05, 0) is 36.8 Å². The molecule has 2 aromatic heterocycles. The zero-order valence-corrected chi connectivity index (χ0v) is 17.5. The minimum absolute atomic E-state index is 0.0546. The number of nitrogens with zero attached hydrogens (tertiary/aromatic N) is 6. The Hall–Kier alpha value is -3.03. The molecular formula is C22H27FN6O. The van der Waals surface area contributed by atoms with Gasteiger partial charge in [0.1, 0.15) is 11.9 Å². The Morgan fingerprint density at radius 1 is 1.33 bits per heavy atom. The van der Waals surface area contributed by atoms with Gasteiger partial charge in [-0.1, -0.05) is 20.3 Å². The molecule has 30 heavy (non-hydrogen) atoms. The summed E-state index contributed by atoms with van der Waals surface area (Å²) in [7, 11) is 1.85. The number of imidazole rings is 1. The number of alkyl halides is 1. The highest BCUT2D eigenvalue weighted by Gasteiger charge is 2.39. The molecule has 0 bridgehead atoms. The third-order valence-electron chi connectivity index (χ3n) is 6.43. The van der Waals surface area contributed by atoms with Crippen molar-refractivity contribution in [1.82, 2.24) is 24.7 Å². The molecule has 158 valence electrons. The summed E-state index contributed by atoms with van der Waals surface area (Å²) < 4.78 is 16.5. The molecule has 0 aliphatic heterocycles. The van der Waals surface area contributed by atoms with Crippen molar-refractivity contribution in [2.75, 3.05) is 11.9 Å². The average Bonchev–Trinajstić information content (AvgIpc) is 3.30. The molecule has 0 amide bonds. The van der Waals surface area contributed by atoms with Crippen molar-refractivity contribution >= 4 is 5.82 Å². The number of benzene rings is 1. The predicted octanol–water partition coefficient (Wildman–Crippen LogP) is 4.17. The number of phenolic OH excluding ortho intramolecular Hbond substituents is 1. The predicted molar refractivity (Wildman–Crippen MR) is 113 cm³/mol. The smallest absolute Gasteiger partial charge is 0.185 e. The summed E-state index contributed by atoms with van der Waals surface area (Å²) in [5.41, 5.74) is 1.41. The fraction of sp³-hybridized carbons (Fsp3) is 0.455. The second-order valence-corrected chi connectivity index (χ2v) is 8.41. The van der Waals surface area contributed by atoms with Crippen molar-refractivity contribution in [1.29, 1.82) is 0 Å². The number of hydrogen-bond acceptors (Lipinski definition) is 6. The maximum atomic E-state index is 14.7. The molecule has 0 radical (unpaired) electrons. The third kappa shape index (κ3) is 3.86. The average molecular weight is 410 g/mol. The molecule has 1 aliphatic carbocycles. The molecule has 0 spiro atoms. The molecule has 1 N–H and O–H groups in total. The molecule has 0 unspecified atom stereocenters. The number of aromatic hydroxyl groups is 1. The van der Waals surface area contributed by atoms with Crippen molar-refractivity contribution < 1.29 is 9.50 Å². The molecule has 3 atom stereocenters. The first-order chi connectivity index (χ1) is 14.4. The van der Waals surface area contributed by atoms with Crippen LogP contribution in [0.15, 0.2) is 43.1 Å². The van der Waals surface area contributed by atoms with Crippen LogP contribution >= 0.6 is 0 Å². The van der Waals surface area contributed by atoms with E-state index in [0.29, 0.717) is 23.6 Å². The van der Waals surface area contributed by atoms with Crippen LogP contribution in [0.25, 0.3) is 17.1 Å². The van der Waals surface area contributed by atoms with Gasteiger partial charge < -0.3 is 14.6 Å². The molecule has 8 heteroatoms. The van der Waals surface area contributed by atoms with Crippen LogP contribution in [-0.4, -0.2) is 49.1 Å². The van der Waals surface area contributed by atoms with Gasteiger partial charge >= 0.3 is 0 Å². The molecule has 1 aliphatic rings. The fourth-order valence-corrected chi connectivity index (χ4v) is 4.12. The summed E-state index contributed by atoms with van der Waals surface area (Å²) in [6, 6.07) is 4.98. The number of phenols is 1. The summed E-state index contributed by atoms with van der Waals surface area (Å²) in [5.74, 6) is 0.904. The first-order valence-corrected chi connectivity index (χ1v) is 10.3. The zero-order chi connectivity index (χ0) is 21.3. The van der Waals surface area contributed by atoms with Gasteiger partial charge in [-0.2, -0.15) is 0 Å². The van der Waals surface area contributed by atoms with Crippen LogP contribution in [0.1, 0.15) is 39.5 Å². The summed E-state index contributed by atoms with van der Waals surface area (Å²) in [4.78, 5) is 10.2. The zero-order valence-electron chi connectivity index (χ0n) is 17.5. The molecule has 2 heterocycles. The van der Waals surface area contributed by atoms with Gasteiger partial charge in [-0.25, -0.2) is 14.4 Å². The Balaban J connectivity index is 1.54. The fourth-order valence-electron chi connectivity index (χ4n) is 4.12. The molecule has 4 rings (SSSR count). The number of aromatic nitrogens is 5. The highest BCUT2D eigenvalue weighted by atomic mass is 19.1. The van der Waals surface area contributed by atoms with Gasteiger partial charge in [0.2, 0.25) is 0 Å². The van der Waals surface area contributed by atoms with E-state index < -0.39 is 6.17 Å². The van der Waals surface area contributed by atoms with Gasteiger partial charge in [0.15, 0.2) is 11.6 Å². The largest absolute Gasteiger partial charge is 0.507 e. The van der Waals surface area contributed by atoms with Crippen molar-refractivity contribution in [3.8, 4) is 22.8 Å². The van der Waals surface area contributed by atoms with Crippen LogP contribution in [0.3, 0.4) is 0 Å². The van der Waals surface area contributed by atoms with E-state index in [1.54, 1.807) is 41.6 Å². The van der Waals surface area contributed by atoms with E-state index in [2.05, 4.69) is 34.0 Å². The van der Waals surface area contributed by atoms with E-state index in [1.807, 2.05) is 18.0 Å². The maximum Gasteiger partial charge on any atom is 0.185 e. The minimum atomic E-state index is -0.893. The molecule has 1 aromatic carbocycles. The normalized spacial score (nSPS) is 24.0. The molecular weight excluding hydrogens is 383 g/mol. The van der Waals surface area contributed by atoms with Gasteiger partial charge in [-0.15, -0.1) is 10.2 Å². The van der Waals surface area contributed by atoms with E-state index in [9.17, 15) is 9.50 Å². The van der Waals surface area contributed by atoms with Gasteiger partial charge in [0.25, 0.3) is 0 Å². The molecule has 1 fully saturated rings. The quantitative estimate of drug-likeness (QED) is 0.680. The van der Waals surface area contributed by atoms with Crippen LogP contribution in [0.4, 0.5) is 10.2 Å². The number of hydrogen-bond donors (Lipinski definition) is 1. The Morgan fingerprint density at radius 3 is 2.80 bits per heavy atom. The van der Waals surface area contributed by atoms with E-state index in [4.69, 9.17) is 0 Å². The van der Waals surface area contributed by atoms with E-state index in [-0.39, 0.29) is 17.2 Å². The Kier molecular flexibility index (Phi) is 5.40. The van der Waals surface area contributed by atoms with Gasteiger partial charge in [-0.3, -0.25) is 0 Å². The Bertz CT molecular complexity index is 993. The topological polar surface area (TPSA) is 80.0 Å². The summed E-state index contributed by atoms with van der Waals surface area (Å²) in [5, 5.41) is 18.9. The van der Waals surface area contributed by atoms with Crippen molar-refractivity contribution in [3.05, 3.63) is 43.1 Å². The molecule has 1 saturated carbocycles. The van der Waals surface area contributed by atoms with Crippen LogP contribution in [-0.2, 0) is 0 Å². The second-order valence-electron chi connectivity index (χ2n) is 8.41. The lowest BCUT2D eigenvalue weighted by atomic mass is 9.71. The van der Waals surface area contributed by atoms with E-state index >= 15 is 0 Å². The highest BCUT2D eigenvalue weighted by Crippen LogP contribution is 2.42. The number of halogens is 1. The highest BCUT2D eigenvalue weighted by molar-refractivity contribution is 5.66. The van der Waals surface area contributed by atoms with Crippen LogP contribution in [0, 0.1) is 5.41 Å². The first kappa shape index (κ1) is 20.3. The molecule has 7 nitrogen and oxygen atoms in total. The van der Waals surface area contributed by atoms with E-state index in [1.165, 1.54) is 0 Å². The summed E-state index contributed by atoms with van der Waals surface area (Å²) in [6.07, 6.45) is 9.11. The van der Waals surface area contributed by atoms with E-state index in [0.717, 1.165) is 24.9 Å². The Labute approximate surface area is 175 Å². The van der Waals surface area contributed by atoms with Crippen LogP contribution in [0.5, 0.6) is 5.75 Å². The second kappa shape index (κ2) is 8.01. The lowest BCUT2D eigenvalue weighted by molar-refractivity contribution is 0.107. The van der Waals surface area contributed by atoms with Crippen molar-refractivity contribution in [2.24, 2.45) is 5.41 Å². The molecule has 0 saturated heterocycles. The first-order valence-electron chi connectivity index (χ1n) is 10.3. The lowest BCUT2D eigenvalue weighted by Gasteiger charge is -2.43. The maximum absolute atomic E-state index is 14.7. The SMILES string of the molecule is CC[C@@]1(C)CC[C@@H](F)[C@@H](N(C)c2cnc(-c3ccc(-n4ccnc4)cc3O)nn2)C1. The summed E-state index contributed by atoms with van der Waals surface area (Å²) in [6.45, 7) is 4.39. The van der Waals surface area contributed by atoms with Crippen molar-refractivity contribution in [2.45, 2.75) is 51.7 Å². The van der Waals surface area contributed by atoms with Crippen molar-refractivity contribution in [3.63, 3.8) is 0 Å². The van der Waals surface area contributed by atoms with Gasteiger partial charge in [0, 0.05) is 25.5 Å². The summed E-state index contributed by atoms with van der Waals surface area (Å²) >= 11 is 0. The minimum Gasteiger partial charge on any atom is -0.507 e. The Morgan fingerprint density at radius 2 is 2.17 bits per heavy atom. The number of rotatable bonds is 5. The lowest BCUT2D eigenvalue weighted by Crippen LogP contribution is -2.47. The van der Waals surface area contributed by atoms with Gasteiger partial charge in [0.05, 0.1) is 29.8 Å². The third-order valence-corrected chi connectivity index (χ3v) is 6.43. The molecule has 3 aromatic rings. The monoisotopic (exact) mass is 410 g/mol.